The number of carbonyl (C=O) groups excluding carboxylic acids is 1. The summed E-state index contributed by atoms with van der Waals surface area (Å²) in [6, 6.07) is 12.4. The SMILES string of the molecule is CC1c2cc3c(cc2C2(CCCC2)CN1C(=O)CCc1nc2ccccc2[nH]1)OCCO3. The maximum Gasteiger partial charge on any atom is 0.223 e. The standard InChI is InChI=1S/C26H29N3O3/c1-17-18-14-22-23(32-13-12-31-22)15-19(18)26(10-4-5-11-26)16-29(17)25(30)9-8-24-27-20-6-2-3-7-21(20)28-24/h2-3,6-7,14-15,17H,4-5,8-13,16H2,1H3,(H,27,28). The summed E-state index contributed by atoms with van der Waals surface area (Å²) >= 11 is 0. The van der Waals surface area contributed by atoms with E-state index in [-0.39, 0.29) is 17.4 Å². The minimum atomic E-state index is 0.0234. The molecule has 0 bridgehead atoms. The van der Waals surface area contributed by atoms with Gasteiger partial charge in [-0.05, 0) is 55.2 Å². The molecular formula is C26H29N3O3. The van der Waals surface area contributed by atoms with E-state index in [9.17, 15) is 4.79 Å². The predicted molar refractivity (Wildman–Crippen MR) is 122 cm³/mol. The lowest BCUT2D eigenvalue weighted by molar-refractivity contribution is -0.135. The lowest BCUT2D eigenvalue weighted by atomic mass is 9.71. The zero-order valence-electron chi connectivity index (χ0n) is 18.5. The summed E-state index contributed by atoms with van der Waals surface area (Å²) in [6.45, 7) is 4.11. The number of aromatic amines is 1. The third kappa shape index (κ3) is 3.15. The first kappa shape index (κ1) is 19.6. The zero-order chi connectivity index (χ0) is 21.7. The number of nitrogens with zero attached hydrogens (tertiary/aromatic N) is 2. The molecule has 3 aliphatic rings. The molecule has 1 aromatic heterocycles. The van der Waals surface area contributed by atoms with Crippen LogP contribution < -0.4 is 9.47 Å². The smallest absolute Gasteiger partial charge is 0.223 e. The van der Waals surface area contributed by atoms with Gasteiger partial charge < -0.3 is 19.4 Å². The summed E-state index contributed by atoms with van der Waals surface area (Å²) < 4.78 is 11.8. The molecule has 1 saturated carbocycles. The van der Waals surface area contributed by atoms with Crippen molar-refractivity contribution in [2.24, 2.45) is 0 Å². The third-order valence-electron chi connectivity index (χ3n) is 7.57. The highest BCUT2D eigenvalue weighted by molar-refractivity contribution is 5.78. The number of hydrogen-bond acceptors (Lipinski definition) is 4. The van der Waals surface area contributed by atoms with Crippen molar-refractivity contribution >= 4 is 16.9 Å². The van der Waals surface area contributed by atoms with Gasteiger partial charge in [0.2, 0.25) is 5.91 Å². The minimum Gasteiger partial charge on any atom is -0.486 e. The lowest BCUT2D eigenvalue weighted by Crippen LogP contribution is -2.48. The van der Waals surface area contributed by atoms with Gasteiger partial charge in [-0.15, -0.1) is 0 Å². The van der Waals surface area contributed by atoms with Crippen molar-refractivity contribution in [3.05, 3.63) is 53.3 Å². The Labute approximate surface area is 187 Å². The van der Waals surface area contributed by atoms with Crippen molar-refractivity contribution in [1.29, 1.82) is 0 Å². The fourth-order valence-corrected chi connectivity index (χ4v) is 5.90. The maximum absolute atomic E-state index is 13.5. The molecule has 6 rings (SSSR count). The first-order valence-corrected chi connectivity index (χ1v) is 11.8. The van der Waals surface area contributed by atoms with Crippen molar-refractivity contribution in [3.63, 3.8) is 0 Å². The second-order valence-corrected chi connectivity index (χ2v) is 9.47. The first-order chi connectivity index (χ1) is 15.6. The number of imidazole rings is 1. The van der Waals surface area contributed by atoms with Crippen molar-refractivity contribution in [2.75, 3.05) is 19.8 Å². The predicted octanol–water partition coefficient (Wildman–Crippen LogP) is 4.68. The molecule has 1 aliphatic carbocycles. The Morgan fingerprint density at radius 3 is 2.69 bits per heavy atom. The molecule has 6 nitrogen and oxygen atoms in total. The number of ether oxygens (including phenoxy) is 2. The molecule has 1 N–H and O–H groups in total. The second-order valence-electron chi connectivity index (χ2n) is 9.47. The minimum absolute atomic E-state index is 0.0234. The van der Waals surface area contributed by atoms with Crippen LogP contribution in [-0.2, 0) is 16.6 Å². The summed E-state index contributed by atoms with van der Waals surface area (Å²) in [4.78, 5) is 23.6. The average molecular weight is 432 g/mol. The van der Waals surface area contributed by atoms with Crippen LogP contribution in [0, 0.1) is 0 Å². The normalized spacial score (nSPS) is 21.2. The van der Waals surface area contributed by atoms with Gasteiger partial charge in [-0.3, -0.25) is 4.79 Å². The van der Waals surface area contributed by atoms with Crippen LogP contribution in [0.25, 0.3) is 11.0 Å². The number of carbonyl (C=O) groups is 1. The Kier molecular flexibility index (Phi) is 4.63. The Hall–Kier alpha value is -3.02. The molecule has 2 aromatic carbocycles. The highest BCUT2D eigenvalue weighted by atomic mass is 16.6. The second kappa shape index (κ2) is 7.54. The maximum atomic E-state index is 13.5. The van der Waals surface area contributed by atoms with Crippen molar-refractivity contribution in [3.8, 4) is 11.5 Å². The Bertz CT molecular complexity index is 1150. The van der Waals surface area contributed by atoms with E-state index in [1.54, 1.807) is 0 Å². The first-order valence-electron chi connectivity index (χ1n) is 11.8. The molecule has 1 spiro atoms. The van der Waals surface area contributed by atoms with Crippen LogP contribution in [-0.4, -0.2) is 40.5 Å². The summed E-state index contributed by atoms with van der Waals surface area (Å²) in [5.74, 6) is 2.74. The van der Waals surface area contributed by atoms with E-state index in [0.29, 0.717) is 26.1 Å². The van der Waals surface area contributed by atoms with Crippen LogP contribution in [0.5, 0.6) is 11.5 Å². The van der Waals surface area contributed by atoms with Gasteiger partial charge in [0.25, 0.3) is 0 Å². The Morgan fingerprint density at radius 1 is 1.16 bits per heavy atom. The molecule has 3 heterocycles. The number of aromatic nitrogens is 2. The van der Waals surface area contributed by atoms with E-state index in [4.69, 9.17) is 9.47 Å². The van der Waals surface area contributed by atoms with E-state index in [0.717, 1.165) is 47.7 Å². The molecule has 1 fully saturated rings. The van der Waals surface area contributed by atoms with E-state index in [2.05, 4.69) is 33.9 Å². The topological polar surface area (TPSA) is 67.5 Å². The van der Waals surface area contributed by atoms with Crippen LogP contribution in [0.15, 0.2) is 36.4 Å². The van der Waals surface area contributed by atoms with E-state index in [1.165, 1.54) is 24.0 Å². The van der Waals surface area contributed by atoms with Crippen LogP contribution in [0.2, 0.25) is 0 Å². The summed E-state index contributed by atoms with van der Waals surface area (Å²) in [5, 5.41) is 0. The van der Waals surface area contributed by atoms with E-state index < -0.39 is 0 Å². The van der Waals surface area contributed by atoms with Gasteiger partial charge in [0.1, 0.15) is 19.0 Å². The van der Waals surface area contributed by atoms with Gasteiger partial charge in [-0.2, -0.15) is 0 Å². The number of para-hydroxylation sites is 2. The largest absolute Gasteiger partial charge is 0.486 e. The number of fused-ring (bicyclic) bond motifs is 4. The van der Waals surface area contributed by atoms with Crippen LogP contribution in [0.1, 0.15) is 62.0 Å². The molecule has 6 heteroatoms. The van der Waals surface area contributed by atoms with Gasteiger partial charge in [-0.25, -0.2) is 4.98 Å². The monoisotopic (exact) mass is 431 g/mol. The number of H-pyrrole nitrogens is 1. The van der Waals surface area contributed by atoms with E-state index in [1.807, 2.05) is 24.3 Å². The molecule has 1 unspecified atom stereocenters. The number of rotatable bonds is 3. The Morgan fingerprint density at radius 2 is 1.91 bits per heavy atom. The molecule has 3 aromatic rings. The zero-order valence-corrected chi connectivity index (χ0v) is 18.5. The van der Waals surface area contributed by atoms with Crippen LogP contribution in [0.3, 0.4) is 0 Å². The molecule has 2 aliphatic heterocycles. The van der Waals surface area contributed by atoms with Crippen molar-refractivity contribution < 1.29 is 14.3 Å². The van der Waals surface area contributed by atoms with Gasteiger partial charge in [-0.1, -0.05) is 25.0 Å². The summed E-state index contributed by atoms with van der Waals surface area (Å²) in [6.07, 6.45) is 5.75. The fraction of sp³-hybridized carbons (Fsp3) is 0.462. The number of aryl methyl sites for hydroxylation is 1. The highest BCUT2D eigenvalue weighted by Crippen LogP contribution is 2.52. The molecular weight excluding hydrogens is 402 g/mol. The quantitative estimate of drug-likeness (QED) is 0.654. The molecule has 166 valence electrons. The highest BCUT2D eigenvalue weighted by Gasteiger charge is 2.46. The molecule has 1 atom stereocenters. The number of benzene rings is 2. The molecule has 32 heavy (non-hydrogen) atoms. The third-order valence-corrected chi connectivity index (χ3v) is 7.57. The lowest BCUT2D eigenvalue weighted by Gasteiger charge is -2.46. The fourth-order valence-electron chi connectivity index (χ4n) is 5.90. The van der Waals surface area contributed by atoms with Gasteiger partial charge >= 0.3 is 0 Å². The van der Waals surface area contributed by atoms with Crippen molar-refractivity contribution in [2.45, 2.75) is 56.9 Å². The number of nitrogens with one attached hydrogen (secondary N) is 1. The summed E-state index contributed by atoms with van der Waals surface area (Å²) in [7, 11) is 0. The molecule has 1 amide bonds. The van der Waals surface area contributed by atoms with Crippen molar-refractivity contribution in [1.82, 2.24) is 14.9 Å². The van der Waals surface area contributed by atoms with Gasteiger partial charge in [0.15, 0.2) is 11.5 Å². The molecule has 0 saturated heterocycles. The number of hydrogen-bond donors (Lipinski definition) is 1. The van der Waals surface area contributed by atoms with Crippen LogP contribution >= 0.6 is 0 Å². The van der Waals surface area contributed by atoms with Gasteiger partial charge in [0, 0.05) is 24.8 Å². The van der Waals surface area contributed by atoms with Crippen LogP contribution in [0.4, 0.5) is 0 Å². The average Bonchev–Trinajstić information content (AvgIpc) is 3.46. The van der Waals surface area contributed by atoms with E-state index >= 15 is 0 Å². The summed E-state index contributed by atoms with van der Waals surface area (Å²) in [5.41, 5.74) is 4.60. The number of amides is 1. The molecule has 0 radical (unpaired) electrons. The van der Waals surface area contributed by atoms with Gasteiger partial charge in [0.05, 0.1) is 17.1 Å². The Balaban J connectivity index is 1.28.